The van der Waals surface area contributed by atoms with Gasteiger partial charge in [-0.05, 0) is 49.9 Å². The minimum Gasteiger partial charge on any atom is -0.459 e. The summed E-state index contributed by atoms with van der Waals surface area (Å²) < 4.78 is 5.08. The number of hydrogen-bond donors (Lipinski definition) is 2. The highest BCUT2D eigenvalue weighted by Gasteiger charge is 2.29. The van der Waals surface area contributed by atoms with Crippen molar-refractivity contribution in [3.63, 3.8) is 0 Å². The van der Waals surface area contributed by atoms with Gasteiger partial charge in [0.05, 0.1) is 12.8 Å². The van der Waals surface area contributed by atoms with Gasteiger partial charge in [-0.1, -0.05) is 31.5 Å². The van der Waals surface area contributed by atoms with Crippen LogP contribution in [-0.4, -0.2) is 42.3 Å². The van der Waals surface area contributed by atoms with Crippen molar-refractivity contribution >= 4 is 23.4 Å². The van der Waals surface area contributed by atoms with E-state index in [0.717, 1.165) is 22.4 Å². The molecule has 0 fully saturated rings. The van der Waals surface area contributed by atoms with Gasteiger partial charge >= 0.3 is 0 Å². The largest absolute Gasteiger partial charge is 0.459 e. The van der Waals surface area contributed by atoms with Crippen LogP contribution >= 0.6 is 0 Å². The molecular weight excluding hydrogens is 370 g/mol. The van der Waals surface area contributed by atoms with Crippen molar-refractivity contribution in [3.8, 4) is 0 Å². The average Bonchev–Trinajstić information content (AvgIpc) is 3.16. The van der Waals surface area contributed by atoms with Crippen LogP contribution < -0.4 is 10.6 Å². The van der Waals surface area contributed by atoms with Crippen LogP contribution in [0.4, 0.5) is 5.69 Å². The zero-order chi connectivity index (χ0) is 21.7. The highest BCUT2D eigenvalue weighted by Crippen LogP contribution is 2.21. The molecule has 3 amide bonds. The monoisotopic (exact) mass is 399 g/mol. The molecule has 7 nitrogen and oxygen atoms in total. The second-order valence-electron chi connectivity index (χ2n) is 7.69. The van der Waals surface area contributed by atoms with E-state index in [9.17, 15) is 14.4 Å². The van der Waals surface area contributed by atoms with Gasteiger partial charge in [-0.2, -0.15) is 0 Å². The Kier molecular flexibility index (Phi) is 7.20. The highest BCUT2D eigenvalue weighted by atomic mass is 16.3. The summed E-state index contributed by atoms with van der Waals surface area (Å²) in [6.07, 6.45) is 1.40. The van der Waals surface area contributed by atoms with E-state index in [1.54, 1.807) is 13.1 Å². The van der Waals surface area contributed by atoms with Gasteiger partial charge in [0.15, 0.2) is 5.76 Å². The third kappa shape index (κ3) is 5.70. The molecule has 0 aliphatic rings. The lowest BCUT2D eigenvalue weighted by atomic mass is 10.0. The first-order valence-corrected chi connectivity index (χ1v) is 9.57. The first-order chi connectivity index (χ1) is 13.6. The Morgan fingerprint density at radius 2 is 1.72 bits per heavy atom. The maximum atomic E-state index is 12.9. The molecule has 0 radical (unpaired) electrons. The predicted octanol–water partition coefficient (Wildman–Crippen LogP) is 3.06. The van der Waals surface area contributed by atoms with E-state index >= 15 is 0 Å². The molecule has 1 atom stereocenters. The van der Waals surface area contributed by atoms with Crippen molar-refractivity contribution in [1.29, 1.82) is 0 Å². The van der Waals surface area contributed by atoms with Crippen LogP contribution in [0.3, 0.4) is 0 Å². The maximum Gasteiger partial charge on any atom is 0.287 e. The Morgan fingerprint density at radius 1 is 1.10 bits per heavy atom. The summed E-state index contributed by atoms with van der Waals surface area (Å²) in [5.41, 5.74) is 3.82. The Bertz CT molecular complexity index is 864. The molecule has 0 aliphatic carbocycles. The van der Waals surface area contributed by atoms with Gasteiger partial charge in [0.2, 0.25) is 11.8 Å². The Morgan fingerprint density at radius 3 is 2.24 bits per heavy atom. The van der Waals surface area contributed by atoms with Crippen LogP contribution in [0.15, 0.2) is 34.9 Å². The lowest BCUT2D eigenvalue weighted by Gasteiger charge is -2.26. The zero-order valence-electron chi connectivity index (χ0n) is 17.8. The summed E-state index contributed by atoms with van der Waals surface area (Å²) in [6, 6.07) is 6.35. The minimum absolute atomic E-state index is 0.120. The number of anilines is 1. The number of nitrogens with one attached hydrogen (secondary N) is 2. The molecule has 1 heterocycles. The molecule has 1 aromatic carbocycles. The number of hydrogen-bond acceptors (Lipinski definition) is 4. The van der Waals surface area contributed by atoms with E-state index in [1.165, 1.54) is 17.2 Å². The molecule has 2 aromatic rings. The first-order valence-electron chi connectivity index (χ1n) is 9.57. The molecule has 2 N–H and O–H groups in total. The van der Waals surface area contributed by atoms with Gasteiger partial charge in [0, 0.05) is 12.7 Å². The van der Waals surface area contributed by atoms with E-state index in [2.05, 4.69) is 10.6 Å². The maximum absolute atomic E-state index is 12.9. The van der Waals surface area contributed by atoms with E-state index in [4.69, 9.17) is 4.42 Å². The lowest BCUT2D eigenvalue weighted by Crippen LogP contribution is -2.51. The van der Waals surface area contributed by atoms with Crippen LogP contribution in [-0.2, 0) is 9.59 Å². The second-order valence-corrected chi connectivity index (χ2v) is 7.69. The van der Waals surface area contributed by atoms with Crippen LogP contribution in [0.2, 0.25) is 0 Å². The van der Waals surface area contributed by atoms with Crippen LogP contribution in [0, 0.1) is 26.7 Å². The second kappa shape index (κ2) is 9.41. The lowest BCUT2D eigenvalue weighted by molar-refractivity contribution is -0.135. The fourth-order valence-corrected chi connectivity index (χ4v) is 3.22. The van der Waals surface area contributed by atoms with E-state index in [1.807, 2.05) is 46.8 Å². The summed E-state index contributed by atoms with van der Waals surface area (Å²) >= 11 is 0. The third-order valence-electron chi connectivity index (χ3n) is 4.66. The standard InChI is InChI=1S/C22H29N3O4/c1-13(2)19(24-21(27)17-8-7-9-29-17)22(28)25(6)12-18(26)23-20-15(4)10-14(3)11-16(20)5/h7-11,13,19H,12H2,1-6H3,(H,23,26)(H,24,27). The molecule has 29 heavy (non-hydrogen) atoms. The summed E-state index contributed by atoms with van der Waals surface area (Å²) in [4.78, 5) is 38.9. The topological polar surface area (TPSA) is 91.7 Å². The van der Waals surface area contributed by atoms with Crippen molar-refractivity contribution in [2.24, 2.45) is 5.92 Å². The summed E-state index contributed by atoms with van der Waals surface area (Å²) in [5, 5.41) is 5.58. The molecule has 0 aliphatic heterocycles. The minimum atomic E-state index is -0.770. The van der Waals surface area contributed by atoms with Crippen molar-refractivity contribution < 1.29 is 18.8 Å². The number of carbonyl (C=O) groups is 3. The fourth-order valence-electron chi connectivity index (χ4n) is 3.22. The first kappa shape index (κ1) is 22.2. The number of benzene rings is 1. The number of nitrogens with zero attached hydrogens (tertiary/aromatic N) is 1. The highest BCUT2D eigenvalue weighted by molar-refractivity contribution is 5.98. The summed E-state index contributed by atoms with van der Waals surface area (Å²) in [5.74, 6) is -1.13. The number of rotatable bonds is 7. The SMILES string of the molecule is Cc1cc(C)c(NC(=O)CN(C)C(=O)C(NC(=O)c2ccco2)C(C)C)c(C)c1. The molecule has 0 spiro atoms. The van der Waals surface area contributed by atoms with Gasteiger partial charge in [-0.3, -0.25) is 14.4 Å². The zero-order valence-corrected chi connectivity index (χ0v) is 17.8. The molecule has 1 unspecified atom stereocenters. The molecule has 1 aromatic heterocycles. The molecule has 2 rings (SSSR count). The van der Waals surface area contributed by atoms with E-state index < -0.39 is 11.9 Å². The fraction of sp³-hybridized carbons (Fsp3) is 0.409. The smallest absolute Gasteiger partial charge is 0.287 e. The predicted molar refractivity (Wildman–Crippen MR) is 112 cm³/mol. The number of furan rings is 1. The molecule has 7 heteroatoms. The quantitative estimate of drug-likeness (QED) is 0.749. The van der Waals surface area contributed by atoms with Gasteiger partial charge in [0.1, 0.15) is 6.04 Å². The summed E-state index contributed by atoms with van der Waals surface area (Å²) in [6.45, 7) is 9.41. The number of amides is 3. The van der Waals surface area contributed by atoms with Crippen molar-refractivity contribution in [2.75, 3.05) is 18.9 Å². The molecule has 156 valence electrons. The van der Waals surface area contributed by atoms with E-state index in [0.29, 0.717) is 0 Å². The third-order valence-corrected chi connectivity index (χ3v) is 4.66. The van der Waals surface area contributed by atoms with E-state index in [-0.39, 0.29) is 30.0 Å². The van der Waals surface area contributed by atoms with Gasteiger partial charge in [-0.15, -0.1) is 0 Å². The molecule has 0 saturated carbocycles. The number of likely N-dealkylation sites (N-methyl/N-ethyl adjacent to an activating group) is 1. The Balaban J connectivity index is 2.03. The van der Waals surface area contributed by atoms with Crippen LogP contribution in [0.25, 0.3) is 0 Å². The van der Waals surface area contributed by atoms with Gasteiger partial charge < -0.3 is 20.0 Å². The van der Waals surface area contributed by atoms with Gasteiger partial charge in [0.25, 0.3) is 5.91 Å². The van der Waals surface area contributed by atoms with Crippen LogP contribution in [0.5, 0.6) is 0 Å². The van der Waals surface area contributed by atoms with Crippen molar-refractivity contribution in [3.05, 3.63) is 53.0 Å². The molecular formula is C22H29N3O4. The van der Waals surface area contributed by atoms with Gasteiger partial charge in [-0.25, -0.2) is 0 Å². The molecule has 0 saturated heterocycles. The normalized spacial score (nSPS) is 11.8. The van der Waals surface area contributed by atoms with Crippen molar-refractivity contribution in [1.82, 2.24) is 10.2 Å². The van der Waals surface area contributed by atoms with Crippen LogP contribution in [0.1, 0.15) is 41.1 Å². The summed E-state index contributed by atoms with van der Waals surface area (Å²) in [7, 11) is 1.55. The Hall–Kier alpha value is -3.09. The average molecular weight is 399 g/mol. The van der Waals surface area contributed by atoms with Crippen molar-refractivity contribution in [2.45, 2.75) is 40.7 Å². The number of carbonyl (C=O) groups excluding carboxylic acids is 3. The Labute approximate surface area is 171 Å². The molecule has 0 bridgehead atoms. The number of aryl methyl sites for hydroxylation is 3.